The number of rotatable bonds is 3. The van der Waals surface area contributed by atoms with Crippen LogP contribution in [0.25, 0.3) is 11.4 Å². The molecule has 4 heterocycles. The van der Waals surface area contributed by atoms with E-state index in [0.717, 1.165) is 29.9 Å². The summed E-state index contributed by atoms with van der Waals surface area (Å²) in [4.78, 5) is 36.8. The number of imidazole rings is 1. The van der Waals surface area contributed by atoms with Gasteiger partial charge in [0.2, 0.25) is 0 Å². The molecule has 2 aliphatic rings. The van der Waals surface area contributed by atoms with E-state index in [2.05, 4.69) is 14.9 Å². The van der Waals surface area contributed by atoms with E-state index < -0.39 is 0 Å². The summed E-state index contributed by atoms with van der Waals surface area (Å²) in [5.41, 5.74) is 2.94. The minimum Gasteiger partial charge on any atom is -0.354 e. The summed E-state index contributed by atoms with van der Waals surface area (Å²) < 4.78 is 2.15. The van der Waals surface area contributed by atoms with Crippen molar-refractivity contribution in [2.24, 2.45) is 0 Å². The highest BCUT2D eigenvalue weighted by atomic mass is 16.2. The highest BCUT2D eigenvalue weighted by Gasteiger charge is 2.42. The zero-order chi connectivity index (χ0) is 20.7. The van der Waals surface area contributed by atoms with Crippen molar-refractivity contribution in [3.63, 3.8) is 0 Å². The van der Waals surface area contributed by atoms with Crippen LogP contribution in [0.1, 0.15) is 39.4 Å². The first-order valence-corrected chi connectivity index (χ1v) is 10.3. The van der Waals surface area contributed by atoms with Gasteiger partial charge < -0.3 is 14.8 Å². The van der Waals surface area contributed by atoms with E-state index in [4.69, 9.17) is 4.98 Å². The fourth-order valence-electron chi connectivity index (χ4n) is 4.74. The minimum absolute atomic E-state index is 0.0112. The van der Waals surface area contributed by atoms with Crippen LogP contribution in [0.3, 0.4) is 0 Å². The van der Waals surface area contributed by atoms with Crippen LogP contribution >= 0.6 is 0 Å². The maximum Gasteiger partial charge on any atom is 0.271 e. The third-order valence-corrected chi connectivity index (χ3v) is 6.13. The molecular weight excluding hydrogens is 378 g/mol. The average Bonchev–Trinajstić information content (AvgIpc) is 3.30. The quantitative estimate of drug-likeness (QED) is 0.731. The second-order valence-corrected chi connectivity index (χ2v) is 7.83. The number of hydrogen-bond acceptors (Lipinski definition) is 4. The van der Waals surface area contributed by atoms with Crippen LogP contribution in [-0.4, -0.2) is 50.4 Å². The second kappa shape index (κ2) is 7.40. The van der Waals surface area contributed by atoms with E-state index in [1.54, 1.807) is 25.5 Å². The van der Waals surface area contributed by atoms with Crippen molar-refractivity contribution < 1.29 is 9.59 Å². The first-order valence-electron chi connectivity index (χ1n) is 10.3. The molecule has 5 rings (SSSR count). The molecule has 152 valence electrons. The molecular formula is C23H23N5O2. The number of amides is 2. The van der Waals surface area contributed by atoms with Gasteiger partial charge >= 0.3 is 0 Å². The minimum atomic E-state index is -0.191. The first-order chi connectivity index (χ1) is 14.7. The Morgan fingerprint density at radius 2 is 1.87 bits per heavy atom. The van der Waals surface area contributed by atoms with Gasteiger partial charge in [-0.05, 0) is 25.0 Å². The van der Waals surface area contributed by atoms with E-state index in [9.17, 15) is 9.59 Å². The van der Waals surface area contributed by atoms with Crippen LogP contribution in [0.15, 0.2) is 54.9 Å². The van der Waals surface area contributed by atoms with Gasteiger partial charge in [-0.1, -0.05) is 30.3 Å². The number of aromatic nitrogens is 3. The van der Waals surface area contributed by atoms with Crippen LogP contribution in [0, 0.1) is 0 Å². The molecule has 0 aliphatic carbocycles. The Hall–Kier alpha value is -3.48. The standard InChI is InChI=1S/C23H23N5O2/c1-24-22(29)20-19-12-17-9-10-18(28(17)23(30)16-8-5-11-25-13-16)14-27(19)21(26-20)15-6-3-2-4-7-15/h2-8,11,13,17-18H,9-10,12,14H2,1H3,(H,24,29)/t17-,18+/m0/s1. The number of nitrogens with one attached hydrogen (secondary N) is 1. The monoisotopic (exact) mass is 401 g/mol. The molecule has 30 heavy (non-hydrogen) atoms. The molecule has 1 fully saturated rings. The predicted octanol–water partition coefficient (Wildman–Crippen LogP) is 2.53. The van der Waals surface area contributed by atoms with Crippen LogP contribution < -0.4 is 5.32 Å². The SMILES string of the molecule is CNC(=O)c1nc(-c2ccccc2)n2c1C[C@@H]1CC[C@H](C2)N1C(=O)c1cccnc1. The van der Waals surface area contributed by atoms with Crippen molar-refractivity contribution in [3.8, 4) is 11.4 Å². The maximum absolute atomic E-state index is 13.3. The summed E-state index contributed by atoms with van der Waals surface area (Å²) in [5.74, 6) is 0.603. The van der Waals surface area contributed by atoms with Gasteiger partial charge in [-0.2, -0.15) is 0 Å². The fourth-order valence-corrected chi connectivity index (χ4v) is 4.74. The van der Waals surface area contributed by atoms with Crippen molar-refractivity contribution in [3.05, 3.63) is 71.8 Å². The molecule has 3 aromatic rings. The van der Waals surface area contributed by atoms with Gasteiger partial charge in [-0.3, -0.25) is 14.6 Å². The highest BCUT2D eigenvalue weighted by Crippen LogP contribution is 2.36. The predicted molar refractivity (Wildman–Crippen MR) is 112 cm³/mol. The molecule has 0 spiro atoms. The Balaban J connectivity index is 1.58. The maximum atomic E-state index is 13.3. The summed E-state index contributed by atoms with van der Waals surface area (Å²) in [5, 5.41) is 2.72. The van der Waals surface area contributed by atoms with Crippen molar-refractivity contribution in [2.75, 3.05) is 7.05 Å². The Morgan fingerprint density at radius 3 is 2.60 bits per heavy atom. The van der Waals surface area contributed by atoms with Crippen molar-refractivity contribution in [1.82, 2.24) is 24.8 Å². The first kappa shape index (κ1) is 18.5. The molecule has 2 bridgehead atoms. The average molecular weight is 401 g/mol. The van der Waals surface area contributed by atoms with Crippen LogP contribution in [0.4, 0.5) is 0 Å². The van der Waals surface area contributed by atoms with Crippen molar-refractivity contribution >= 4 is 11.8 Å². The number of hydrogen-bond donors (Lipinski definition) is 1. The Kier molecular flexibility index (Phi) is 4.58. The Labute approximate surface area is 174 Å². The number of fused-ring (bicyclic) bond motifs is 3. The number of pyridine rings is 1. The van der Waals surface area contributed by atoms with Crippen LogP contribution in [0.2, 0.25) is 0 Å². The van der Waals surface area contributed by atoms with Gasteiger partial charge in [0, 0.05) is 44.0 Å². The lowest BCUT2D eigenvalue weighted by Gasteiger charge is -2.28. The second-order valence-electron chi connectivity index (χ2n) is 7.83. The summed E-state index contributed by atoms with van der Waals surface area (Å²) in [6, 6.07) is 13.6. The van der Waals surface area contributed by atoms with Gasteiger partial charge in [-0.15, -0.1) is 0 Å². The van der Waals surface area contributed by atoms with Crippen LogP contribution in [0.5, 0.6) is 0 Å². The van der Waals surface area contributed by atoms with Gasteiger partial charge in [0.05, 0.1) is 17.3 Å². The highest BCUT2D eigenvalue weighted by molar-refractivity contribution is 5.95. The molecule has 7 nitrogen and oxygen atoms in total. The van der Waals surface area contributed by atoms with E-state index in [-0.39, 0.29) is 23.9 Å². The van der Waals surface area contributed by atoms with Crippen molar-refractivity contribution in [2.45, 2.75) is 37.9 Å². The van der Waals surface area contributed by atoms with Crippen molar-refractivity contribution in [1.29, 1.82) is 0 Å². The molecule has 2 amide bonds. The molecule has 0 radical (unpaired) electrons. The third kappa shape index (κ3) is 2.98. The smallest absolute Gasteiger partial charge is 0.271 e. The normalized spacial score (nSPS) is 19.8. The number of nitrogens with zero attached hydrogens (tertiary/aromatic N) is 4. The fraction of sp³-hybridized carbons (Fsp3) is 0.304. The molecule has 1 saturated heterocycles. The van der Waals surface area contributed by atoms with E-state index in [1.165, 1.54) is 0 Å². The largest absolute Gasteiger partial charge is 0.354 e. The number of carbonyl (C=O) groups is 2. The molecule has 0 saturated carbocycles. The molecule has 0 unspecified atom stereocenters. The molecule has 1 N–H and O–H groups in total. The zero-order valence-electron chi connectivity index (χ0n) is 16.8. The Bertz CT molecular complexity index is 1090. The van der Waals surface area contributed by atoms with E-state index >= 15 is 0 Å². The molecule has 2 aromatic heterocycles. The summed E-state index contributed by atoms with van der Waals surface area (Å²) in [7, 11) is 1.62. The Morgan fingerprint density at radius 1 is 1.07 bits per heavy atom. The molecule has 2 aliphatic heterocycles. The van der Waals surface area contributed by atoms with Gasteiger partial charge in [0.25, 0.3) is 11.8 Å². The van der Waals surface area contributed by atoms with Gasteiger partial charge in [0.1, 0.15) is 11.5 Å². The van der Waals surface area contributed by atoms with Gasteiger partial charge in [-0.25, -0.2) is 4.98 Å². The molecule has 1 aromatic carbocycles. The lowest BCUT2D eigenvalue weighted by atomic mass is 10.0. The zero-order valence-corrected chi connectivity index (χ0v) is 16.8. The van der Waals surface area contributed by atoms with Gasteiger partial charge in [0.15, 0.2) is 0 Å². The van der Waals surface area contributed by atoms with E-state index in [1.807, 2.05) is 41.3 Å². The molecule has 7 heteroatoms. The number of benzene rings is 1. The van der Waals surface area contributed by atoms with E-state index in [0.29, 0.717) is 24.2 Å². The summed E-state index contributed by atoms with van der Waals surface area (Å²) in [6.07, 6.45) is 5.78. The third-order valence-electron chi connectivity index (χ3n) is 6.13. The van der Waals surface area contributed by atoms with Crippen LogP contribution in [-0.2, 0) is 13.0 Å². The lowest BCUT2D eigenvalue weighted by molar-refractivity contribution is 0.0665. The number of carbonyl (C=O) groups excluding carboxylic acids is 2. The topological polar surface area (TPSA) is 80.1 Å². The lowest BCUT2D eigenvalue weighted by Crippen LogP contribution is -2.42. The molecule has 2 atom stereocenters. The summed E-state index contributed by atoms with van der Waals surface area (Å²) >= 11 is 0. The summed E-state index contributed by atoms with van der Waals surface area (Å²) in [6.45, 7) is 0.631.